The number of nitrogens with one attached hydrogen (secondary N) is 1. The molecule has 1 heterocycles. The van der Waals surface area contributed by atoms with Gasteiger partial charge in [-0.2, -0.15) is 0 Å². The van der Waals surface area contributed by atoms with Crippen LogP contribution in [0.5, 0.6) is 0 Å². The predicted molar refractivity (Wildman–Crippen MR) is 78.2 cm³/mol. The monoisotopic (exact) mass is 314 g/mol. The second kappa shape index (κ2) is 6.05. The summed E-state index contributed by atoms with van der Waals surface area (Å²) < 4.78 is 26.9. The van der Waals surface area contributed by atoms with Gasteiger partial charge in [-0.3, -0.25) is 0 Å². The molecule has 2 aromatic rings. The first-order valence-corrected chi connectivity index (χ1v) is 8.02. The van der Waals surface area contributed by atoms with Gasteiger partial charge in [-0.1, -0.05) is 18.5 Å². The molecule has 0 spiro atoms. The third-order valence-corrected chi connectivity index (χ3v) is 4.70. The van der Waals surface area contributed by atoms with Crippen LogP contribution >= 0.6 is 11.6 Å². The van der Waals surface area contributed by atoms with E-state index in [-0.39, 0.29) is 11.5 Å². The number of aromatic nitrogens is 1. The van der Waals surface area contributed by atoms with Crippen molar-refractivity contribution in [2.45, 2.75) is 24.3 Å². The van der Waals surface area contributed by atoms with Crippen molar-refractivity contribution in [2.24, 2.45) is 0 Å². The van der Waals surface area contributed by atoms with E-state index < -0.39 is 16.1 Å². The molecule has 0 aliphatic heterocycles. The lowest BCUT2D eigenvalue weighted by atomic mass is 10.2. The van der Waals surface area contributed by atoms with Gasteiger partial charge < -0.3 is 5.11 Å². The Hall–Kier alpha value is -1.21. The van der Waals surface area contributed by atoms with Crippen molar-refractivity contribution in [1.29, 1.82) is 0 Å². The molecule has 0 aliphatic rings. The van der Waals surface area contributed by atoms with E-state index in [2.05, 4.69) is 9.71 Å². The average Bonchev–Trinajstić information content (AvgIpc) is 2.44. The van der Waals surface area contributed by atoms with Gasteiger partial charge in [-0.25, -0.2) is 18.1 Å². The van der Waals surface area contributed by atoms with Crippen LogP contribution < -0.4 is 4.72 Å². The molecule has 0 fully saturated rings. The van der Waals surface area contributed by atoms with Crippen molar-refractivity contribution >= 4 is 32.5 Å². The predicted octanol–water partition coefficient (Wildman–Crippen LogP) is 1.94. The summed E-state index contributed by atoms with van der Waals surface area (Å²) >= 11 is 5.79. The molecular weight excluding hydrogens is 300 g/mol. The molecule has 1 atom stereocenters. The molecule has 108 valence electrons. The van der Waals surface area contributed by atoms with Crippen LogP contribution in [0.1, 0.15) is 13.3 Å². The first-order chi connectivity index (χ1) is 9.46. The van der Waals surface area contributed by atoms with Gasteiger partial charge in [-0.05, 0) is 36.8 Å². The minimum atomic E-state index is -3.66. The maximum absolute atomic E-state index is 12.2. The second-order valence-electron chi connectivity index (χ2n) is 4.40. The Labute approximate surface area is 122 Å². The number of aliphatic hydroxyl groups is 1. The molecule has 20 heavy (non-hydrogen) atoms. The Morgan fingerprint density at radius 3 is 2.75 bits per heavy atom. The number of fused-ring (bicyclic) bond motifs is 1. The van der Waals surface area contributed by atoms with Crippen molar-refractivity contribution in [3.8, 4) is 0 Å². The molecule has 7 heteroatoms. The molecule has 0 amide bonds. The largest absolute Gasteiger partial charge is 0.395 e. The topological polar surface area (TPSA) is 79.3 Å². The van der Waals surface area contributed by atoms with E-state index in [1.807, 2.05) is 0 Å². The molecular formula is C13H15ClN2O3S. The van der Waals surface area contributed by atoms with Crippen LogP contribution in [0, 0.1) is 0 Å². The van der Waals surface area contributed by atoms with Gasteiger partial charge in [0.2, 0.25) is 10.0 Å². The molecule has 5 nitrogen and oxygen atoms in total. The van der Waals surface area contributed by atoms with Crippen LogP contribution in [0.2, 0.25) is 5.15 Å². The summed E-state index contributed by atoms with van der Waals surface area (Å²) in [5, 5.41) is 10.1. The number of hydrogen-bond donors (Lipinski definition) is 2. The highest BCUT2D eigenvalue weighted by Crippen LogP contribution is 2.20. The van der Waals surface area contributed by atoms with Crippen molar-refractivity contribution in [2.75, 3.05) is 6.61 Å². The lowest BCUT2D eigenvalue weighted by Gasteiger charge is -2.14. The number of nitrogens with zero attached hydrogens (tertiary/aromatic N) is 1. The van der Waals surface area contributed by atoms with Gasteiger partial charge >= 0.3 is 0 Å². The molecule has 0 bridgehead atoms. The van der Waals surface area contributed by atoms with E-state index in [1.54, 1.807) is 25.1 Å². The lowest BCUT2D eigenvalue weighted by molar-refractivity contribution is 0.254. The Morgan fingerprint density at radius 2 is 2.10 bits per heavy atom. The van der Waals surface area contributed by atoms with Gasteiger partial charge in [0.25, 0.3) is 0 Å². The maximum Gasteiger partial charge on any atom is 0.240 e. The normalized spacial score (nSPS) is 13.6. The highest BCUT2D eigenvalue weighted by Gasteiger charge is 2.18. The minimum Gasteiger partial charge on any atom is -0.395 e. The summed E-state index contributed by atoms with van der Waals surface area (Å²) in [6.07, 6.45) is 0.514. The SMILES string of the molecule is CCC(CO)NS(=O)(=O)c1ccc2nc(Cl)ccc2c1. The van der Waals surface area contributed by atoms with Crippen molar-refractivity contribution in [1.82, 2.24) is 9.71 Å². The Bertz CT molecular complexity index is 715. The summed E-state index contributed by atoms with van der Waals surface area (Å²) in [7, 11) is -3.66. The number of halogens is 1. The van der Waals surface area contributed by atoms with E-state index >= 15 is 0 Å². The third kappa shape index (κ3) is 3.27. The molecule has 2 rings (SSSR count). The third-order valence-electron chi connectivity index (χ3n) is 2.97. The zero-order chi connectivity index (χ0) is 14.8. The molecule has 0 aliphatic carbocycles. The summed E-state index contributed by atoms with van der Waals surface area (Å²) in [6, 6.07) is 7.45. The van der Waals surface area contributed by atoms with Crippen LogP contribution in [-0.4, -0.2) is 31.2 Å². The Balaban J connectivity index is 2.39. The fourth-order valence-corrected chi connectivity index (χ4v) is 3.28. The molecule has 1 aromatic carbocycles. The lowest BCUT2D eigenvalue weighted by Crippen LogP contribution is -2.36. The first-order valence-electron chi connectivity index (χ1n) is 6.16. The molecule has 0 radical (unpaired) electrons. The zero-order valence-corrected chi connectivity index (χ0v) is 12.4. The summed E-state index contributed by atoms with van der Waals surface area (Å²) in [5.41, 5.74) is 0.630. The fourth-order valence-electron chi connectivity index (χ4n) is 1.78. The minimum absolute atomic E-state index is 0.140. The van der Waals surface area contributed by atoms with Gasteiger partial charge in [-0.15, -0.1) is 0 Å². The summed E-state index contributed by atoms with van der Waals surface area (Å²) in [4.78, 5) is 4.24. The number of benzene rings is 1. The number of aliphatic hydroxyl groups excluding tert-OH is 1. The van der Waals surface area contributed by atoms with E-state index in [9.17, 15) is 8.42 Å². The van der Waals surface area contributed by atoms with Gasteiger partial charge in [0, 0.05) is 11.4 Å². The Morgan fingerprint density at radius 1 is 1.35 bits per heavy atom. The van der Waals surface area contributed by atoms with Crippen LogP contribution in [0.4, 0.5) is 0 Å². The standard InChI is InChI=1S/C13H15ClN2O3S/c1-2-10(8-17)16-20(18,19)11-4-5-12-9(7-11)3-6-13(14)15-12/h3-7,10,16-17H,2,8H2,1H3. The van der Waals surface area contributed by atoms with Gasteiger partial charge in [0.15, 0.2) is 0 Å². The smallest absolute Gasteiger partial charge is 0.240 e. The summed E-state index contributed by atoms with van der Waals surface area (Å²) in [6.45, 7) is 1.57. The summed E-state index contributed by atoms with van der Waals surface area (Å²) in [5.74, 6) is 0. The van der Waals surface area contributed by atoms with E-state index in [4.69, 9.17) is 16.7 Å². The first kappa shape index (κ1) is 15.2. The molecule has 1 aromatic heterocycles. The zero-order valence-electron chi connectivity index (χ0n) is 10.9. The number of hydrogen-bond acceptors (Lipinski definition) is 4. The molecule has 0 saturated carbocycles. The van der Waals surface area contributed by atoms with Crippen LogP contribution in [-0.2, 0) is 10.0 Å². The van der Waals surface area contributed by atoms with Crippen molar-refractivity contribution in [3.05, 3.63) is 35.5 Å². The quantitative estimate of drug-likeness (QED) is 0.827. The van der Waals surface area contributed by atoms with E-state index in [0.717, 1.165) is 0 Å². The molecule has 2 N–H and O–H groups in total. The molecule has 1 unspecified atom stereocenters. The maximum atomic E-state index is 12.2. The molecule has 0 saturated heterocycles. The van der Waals surface area contributed by atoms with E-state index in [0.29, 0.717) is 22.5 Å². The number of sulfonamides is 1. The van der Waals surface area contributed by atoms with Crippen molar-refractivity contribution in [3.63, 3.8) is 0 Å². The van der Waals surface area contributed by atoms with Crippen LogP contribution in [0.25, 0.3) is 10.9 Å². The van der Waals surface area contributed by atoms with E-state index in [1.165, 1.54) is 12.1 Å². The second-order valence-corrected chi connectivity index (χ2v) is 6.50. The van der Waals surface area contributed by atoms with Gasteiger partial charge in [0.05, 0.1) is 17.0 Å². The highest BCUT2D eigenvalue weighted by atomic mass is 35.5. The number of rotatable bonds is 5. The highest BCUT2D eigenvalue weighted by molar-refractivity contribution is 7.89. The van der Waals surface area contributed by atoms with Crippen LogP contribution in [0.15, 0.2) is 35.2 Å². The van der Waals surface area contributed by atoms with Gasteiger partial charge in [0.1, 0.15) is 5.15 Å². The average molecular weight is 315 g/mol. The fraction of sp³-hybridized carbons (Fsp3) is 0.308. The van der Waals surface area contributed by atoms with Crippen LogP contribution in [0.3, 0.4) is 0 Å². The Kier molecular flexibility index (Phi) is 4.59. The van der Waals surface area contributed by atoms with Crippen molar-refractivity contribution < 1.29 is 13.5 Å². The number of pyridine rings is 1.